The maximum Gasteiger partial charge on any atom is 0.235 e. The molecule has 0 radical (unpaired) electrons. The van der Waals surface area contributed by atoms with Crippen LogP contribution in [0.15, 0.2) is 0 Å². The molecule has 0 aromatic heterocycles. The number of rotatable bonds is 7. The second-order valence-corrected chi connectivity index (χ2v) is 5.61. The SMILES string of the molecule is COCC(O)CN(C)CC(=O)NC1(C#N)CCCCC1. The third-order valence-corrected chi connectivity index (χ3v) is 3.59. The van der Waals surface area contributed by atoms with E-state index < -0.39 is 11.6 Å². The highest BCUT2D eigenvalue weighted by atomic mass is 16.5. The van der Waals surface area contributed by atoms with Crippen molar-refractivity contribution >= 4 is 5.91 Å². The molecule has 1 amide bonds. The number of carbonyl (C=O) groups excluding carboxylic acids is 1. The van der Waals surface area contributed by atoms with Crippen molar-refractivity contribution in [1.82, 2.24) is 10.2 Å². The number of likely N-dealkylation sites (N-methyl/N-ethyl adjacent to an activating group) is 1. The third-order valence-electron chi connectivity index (χ3n) is 3.59. The summed E-state index contributed by atoms with van der Waals surface area (Å²) in [5.41, 5.74) is -0.693. The molecular weight excluding hydrogens is 258 g/mol. The van der Waals surface area contributed by atoms with Crippen molar-refractivity contribution in [1.29, 1.82) is 5.26 Å². The Balaban J connectivity index is 2.40. The molecule has 20 heavy (non-hydrogen) atoms. The van der Waals surface area contributed by atoms with Crippen LogP contribution in [0, 0.1) is 11.3 Å². The van der Waals surface area contributed by atoms with E-state index in [0.29, 0.717) is 6.54 Å². The van der Waals surface area contributed by atoms with E-state index in [2.05, 4.69) is 11.4 Å². The summed E-state index contributed by atoms with van der Waals surface area (Å²) in [5.74, 6) is -0.166. The highest BCUT2D eigenvalue weighted by molar-refractivity contribution is 5.79. The Morgan fingerprint density at radius 3 is 2.70 bits per heavy atom. The van der Waals surface area contributed by atoms with Gasteiger partial charge in [-0.15, -0.1) is 0 Å². The van der Waals surface area contributed by atoms with Gasteiger partial charge in [-0.05, 0) is 19.9 Å². The number of carbonyl (C=O) groups is 1. The van der Waals surface area contributed by atoms with Gasteiger partial charge in [-0.25, -0.2) is 0 Å². The molecule has 1 aliphatic rings. The quantitative estimate of drug-likeness (QED) is 0.700. The number of ether oxygens (including phenoxy) is 1. The predicted molar refractivity (Wildman–Crippen MR) is 75.0 cm³/mol. The molecule has 6 nitrogen and oxygen atoms in total. The Hall–Kier alpha value is -1.16. The fraction of sp³-hybridized carbons (Fsp3) is 0.857. The predicted octanol–water partition coefficient (Wildman–Crippen LogP) is 0.268. The molecule has 1 aliphatic carbocycles. The molecule has 0 bridgehead atoms. The number of nitrogens with one attached hydrogen (secondary N) is 1. The van der Waals surface area contributed by atoms with Crippen molar-refractivity contribution in [3.05, 3.63) is 0 Å². The maximum absolute atomic E-state index is 12.0. The smallest absolute Gasteiger partial charge is 0.235 e. The first kappa shape index (κ1) is 16.9. The van der Waals surface area contributed by atoms with Crippen LogP contribution in [0.5, 0.6) is 0 Å². The number of nitriles is 1. The molecule has 0 aliphatic heterocycles. The van der Waals surface area contributed by atoms with Crippen molar-refractivity contribution in [3.8, 4) is 6.07 Å². The lowest BCUT2D eigenvalue weighted by atomic mass is 9.83. The van der Waals surface area contributed by atoms with Crippen molar-refractivity contribution in [2.75, 3.05) is 33.9 Å². The molecule has 1 fully saturated rings. The van der Waals surface area contributed by atoms with Crippen LogP contribution in [-0.4, -0.2) is 61.4 Å². The Morgan fingerprint density at radius 2 is 2.15 bits per heavy atom. The number of amides is 1. The van der Waals surface area contributed by atoms with E-state index in [1.165, 1.54) is 7.11 Å². The fourth-order valence-electron chi connectivity index (χ4n) is 2.64. The first-order valence-corrected chi connectivity index (χ1v) is 7.09. The molecule has 0 aromatic carbocycles. The minimum Gasteiger partial charge on any atom is -0.389 e. The van der Waals surface area contributed by atoms with Gasteiger partial charge < -0.3 is 15.2 Å². The molecule has 1 saturated carbocycles. The van der Waals surface area contributed by atoms with Crippen molar-refractivity contribution in [3.63, 3.8) is 0 Å². The van der Waals surface area contributed by atoms with Crippen LogP contribution in [0.4, 0.5) is 0 Å². The molecule has 1 rings (SSSR count). The summed E-state index contributed by atoms with van der Waals surface area (Å²) in [7, 11) is 3.29. The first-order chi connectivity index (χ1) is 9.51. The van der Waals surface area contributed by atoms with E-state index >= 15 is 0 Å². The van der Waals surface area contributed by atoms with Crippen LogP contribution in [-0.2, 0) is 9.53 Å². The van der Waals surface area contributed by atoms with Gasteiger partial charge in [0.2, 0.25) is 5.91 Å². The Bertz CT molecular complexity index is 348. The van der Waals surface area contributed by atoms with Crippen LogP contribution in [0.25, 0.3) is 0 Å². The average molecular weight is 283 g/mol. The number of hydrogen-bond acceptors (Lipinski definition) is 5. The summed E-state index contributed by atoms with van der Waals surface area (Å²) in [6.07, 6.45) is 3.93. The van der Waals surface area contributed by atoms with Gasteiger partial charge in [-0.2, -0.15) is 5.26 Å². The molecule has 1 unspecified atom stereocenters. The lowest BCUT2D eigenvalue weighted by Gasteiger charge is -2.32. The van der Waals surface area contributed by atoms with E-state index in [0.717, 1.165) is 32.1 Å². The van der Waals surface area contributed by atoms with Crippen molar-refractivity contribution in [2.45, 2.75) is 43.7 Å². The Kier molecular flexibility index (Phi) is 6.93. The molecule has 0 heterocycles. The number of aliphatic hydroxyl groups is 1. The lowest BCUT2D eigenvalue weighted by molar-refractivity contribution is -0.124. The van der Waals surface area contributed by atoms with Gasteiger partial charge in [0.25, 0.3) is 0 Å². The highest BCUT2D eigenvalue weighted by Gasteiger charge is 2.33. The zero-order valence-corrected chi connectivity index (χ0v) is 12.4. The number of aliphatic hydroxyl groups excluding tert-OH is 1. The van der Waals surface area contributed by atoms with E-state index in [9.17, 15) is 15.2 Å². The first-order valence-electron chi connectivity index (χ1n) is 7.09. The monoisotopic (exact) mass is 283 g/mol. The van der Waals surface area contributed by atoms with Gasteiger partial charge >= 0.3 is 0 Å². The van der Waals surface area contributed by atoms with Gasteiger partial charge in [0.1, 0.15) is 5.54 Å². The minimum atomic E-state index is -0.693. The normalized spacial score (nSPS) is 19.4. The van der Waals surface area contributed by atoms with Crippen LogP contribution in [0.1, 0.15) is 32.1 Å². The third kappa shape index (κ3) is 5.45. The number of methoxy groups -OCH3 is 1. The zero-order valence-electron chi connectivity index (χ0n) is 12.4. The van der Waals surface area contributed by atoms with E-state index in [4.69, 9.17) is 4.74 Å². The standard InChI is InChI=1S/C14H25N3O3/c1-17(8-12(18)10-20-2)9-13(19)16-14(11-15)6-4-3-5-7-14/h12,18H,3-10H2,1-2H3,(H,16,19). The van der Waals surface area contributed by atoms with Crippen LogP contribution < -0.4 is 5.32 Å². The number of hydrogen-bond donors (Lipinski definition) is 2. The van der Waals surface area contributed by atoms with Crippen LogP contribution in [0.2, 0.25) is 0 Å². The molecule has 6 heteroatoms. The molecule has 0 saturated heterocycles. The van der Waals surface area contributed by atoms with Gasteiger partial charge in [-0.3, -0.25) is 9.69 Å². The average Bonchev–Trinajstić information content (AvgIpc) is 2.39. The van der Waals surface area contributed by atoms with Gasteiger partial charge in [-0.1, -0.05) is 19.3 Å². The molecular formula is C14H25N3O3. The van der Waals surface area contributed by atoms with E-state index in [1.54, 1.807) is 11.9 Å². The minimum absolute atomic E-state index is 0.166. The molecule has 0 aromatic rings. The fourth-order valence-corrected chi connectivity index (χ4v) is 2.64. The molecule has 2 N–H and O–H groups in total. The summed E-state index contributed by atoms with van der Waals surface area (Å²) in [6, 6.07) is 2.26. The Morgan fingerprint density at radius 1 is 1.50 bits per heavy atom. The summed E-state index contributed by atoms with van der Waals surface area (Å²) < 4.78 is 4.84. The summed E-state index contributed by atoms with van der Waals surface area (Å²) in [6.45, 7) is 0.777. The second kappa shape index (κ2) is 8.20. The maximum atomic E-state index is 12.0. The summed E-state index contributed by atoms with van der Waals surface area (Å²) in [4.78, 5) is 13.7. The molecule has 114 valence electrons. The van der Waals surface area contributed by atoms with E-state index in [-0.39, 0.29) is 19.1 Å². The molecule has 0 spiro atoms. The van der Waals surface area contributed by atoms with Gasteiger partial charge in [0.15, 0.2) is 0 Å². The lowest BCUT2D eigenvalue weighted by Crippen LogP contribution is -2.51. The Labute approximate surface area is 120 Å². The van der Waals surface area contributed by atoms with Crippen molar-refractivity contribution in [2.24, 2.45) is 0 Å². The van der Waals surface area contributed by atoms with E-state index in [1.807, 2.05) is 0 Å². The molecule has 1 atom stereocenters. The van der Waals surface area contributed by atoms with Crippen LogP contribution >= 0.6 is 0 Å². The van der Waals surface area contributed by atoms with Crippen molar-refractivity contribution < 1.29 is 14.6 Å². The largest absolute Gasteiger partial charge is 0.389 e. The second-order valence-electron chi connectivity index (χ2n) is 5.61. The van der Waals surface area contributed by atoms with Gasteiger partial charge in [0, 0.05) is 13.7 Å². The highest BCUT2D eigenvalue weighted by Crippen LogP contribution is 2.27. The topological polar surface area (TPSA) is 85.6 Å². The van der Waals surface area contributed by atoms with Gasteiger partial charge in [0.05, 0.1) is 25.3 Å². The van der Waals surface area contributed by atoms with Crippen LogP contribution in [0.3, 0.4) is 0 Å². The zero-order chi connectivity index (χ0) is 15.0. The summed E-state index contributed by atoms with van der Waals surface area (Å²) in [5, 5.41) is 21.8. The summed E-state index contributed by atoms with van der Waals surface area (Å²) >= 11 is 0. The number of nitrogens with zero attached hydrogens (tertiary/aromatic N) is 2.